The van der Waals surface area contributed by atoms with Crippen molar-refractivity contribution in [3.63, 3.8) is 0 Å². The number of rotatable bonds is 1. The molecule has 4 nitrogen and oxygen atoms in total. The zero-order chi connectivity index (χ0) is 15.0. The smallest absolute Gasteiger partial charge is 0.398 e. The van der Waals surface area contributed by atoms with Gasteiger partial charge in [0.2, 0.25) is 0 Å². The molecular weight excluding hydrogens is 281 g/mol. The normalized spacial score (nSPS) is 11.8. The molecule has 0 bridgehead atoms. The second-order valence-corrected chi connectivity index (χ2v) is 4.40. The number of hydrogen-bond acceptors (Lipinski definition) is 4. The van der Waals surface area contributed by atoms with E-state index in [4.69, 9.17) is 5.73 Å². The highest BCUT2D eigenvalue weighted by atomic mass is 19.4. The first-order valence-electron chi connectivity index (χ1n) is 6.00. The van der Waals surface area contributed by atoms with E-state index in [1.54, 1.807) is 24.4 Å². The van der Waals surface area contributed by atoms with Crippen molar-refractivity contribution in [2.24, 2.45) is 0 Å². The minimum absolute atomic E-state index is 0.430. The maximum absolute atomic E-state index is 12.5. The highest BCUT2D eigenvalue weighted by Crippen LogP contribution is 2.29. The average molecular weight is 290 g/mol. The molecule has 0 saturated carbocycles. The lowest BCUT2D eigenvalue weighted by atomic mass is 10.1. The summed E-state index contributed by atoms with van der Waals surface area (Å²) in [4.78, 5) is 11.8. The van der Waals surface area contributed by atoms with Crippen molar-refractivity contribution in [1.82, 2.24) is 15.0 Å². The van der Waals surface area contributed by atoms with Crippen molar-refractivity contribution in [3.8, 4) is 11.3 Å². The zero-order valence-electron chi connectivity index (χ0n) is 10.6. The van der Waals surface area contributed by atoms with Gasteiger partial charge in [-0.3, -0.25) is 4.98 Å². The summed E-state index contributed by atoms with van der Waals surface area (Å²) in [5.41, 5.74) is 6.74. The van der Waals surface area contributed by atoms with E-state index in [0.29, 0.717) is 28.0 Å². The molecule has 0 amide bonds. The van der Waals surface area contributed by atoms with Gasteiger partial charge in [0, 0.05) is 29.0 Å². The Labute approximate surface area is 117 Å². The van der Waals surface area contributed by atoms with Crippen LogP contribution in [0.3, 0.4) is 0 Å². The third-order valence-corrected chi connectivity index (χ3v) is 2.97. The molecule has 0 aliphatic rings. The summed E-state index contributed by atoms with van der Waals surface area (Å²) >= 11 is 0. The predicted octanol–water partition coefficient (Wildman–Crippen LogP) is 3.29. The number of pyridine rings is 3. The fourth-order valence-electron chi connectivity index (χ4n) is 1.94. The summed E-state index contributed by atoms with van der Waals surface area (Å²) in [6.07, 6.45) is -1.77. The van der Waals surface area contributed by atoms with Gasteiger partial charge in [-0.2, -0.15) is 13.2 Å². The van der Waals surface area contributed by atoms with Gasteiger partial charge in [0.25, 0.3) is 0 Å². The molecule has 0 saturated heterocycles. The van der Waals surface area contributed by atoms with Gasteiger partial charge in [-0.05, 0) is 30.3 Å². The Hall–Kier alpha value is -2.70. The third-order valence-electron chi connectivity index (χ3n) is 2.97. The second kappa shape index (κ2) is 4.69. The van der Waals surface area contributed by atoms with Crippen LogP contribution in [0.15, 0.2) is 42.7 Å². The van der Waals surface area contributed by atoms with E-state index in [1.807, 2.05) is 0 Å². The van der Waals surface area contributed by atoms with Crippen molar-refractivity contribution in [2.75, 3.05) is 5.73 Å². The van der Waals surface area contributed by atoms with Crippen LogP contribution in [0.25, 0.3) is 22.3 Å². The molecule has 0 aromatic carbocycles. The minimum atomic E-state index is -4.46. The molecule has 0 atom stereocenters. The maximum atomic E-state index is 12.5. The Bertz CT molecular complexity index is 797. The summed E-state index contributed by atoms with van der Waals surface area (Å²) in [6.45, 7) is 0. The van der Waals surface area contributed by atoms with Crippen molar-refractivity contribution in [3.05, 3.63) is 48.4 Å². The first-order valence-corrected chi connectivity index (χ1v) is 6.00. The van der Waals surface area contributed by atoms with Gasteiger partial charge >= 0.3 is 6.18 Å². The van der Waals surface area contributed by atoms with Crippen molar-refractivity contribution in [2.45, 2.75) is 6.18 Å². The lowest BCUT2D eigenvalue weighted by molar-refractivity contribution is -0.141. The Kier molecular flexibility index (Phi) is 2.97. The number of nitrogen functional groups attached to an aromatic ring is 1. The fraction of sp³-hybridized carbons (Fsp3) is 0.0714. The van der Waals surface area contributed by atoms with Crippen LogP contribution in [-0.2, 0) is 6.18 Å². The van der Waals surface area contributed by atoms with E-state index >= 15 is 0 Å². The highest BCUT2D eigenvalue weighted by Gasteiger charge is 2.32. The van der Waals surface area contributed by atoms with Crippen LogP contribution in [0.2, 0.25) is 0 Å². The molecule has 0 spiro atoms. The largest absolute Gasteiger partial charge is 0.433 e. The highest BCUT2D eigenvalue weighted by molar-refractivity contribution is 5.90. The van der Waals surface area contributed by atoms with Crippen LogP contribution in [0.4, 0.5) is 18.9 Å². The first-order chi connectivity index (χ1) is 9.95. The second-order valence-electron chi connectivity index (χ2n) is 4.40. The van der Waals surface area contributed by atoms with Gasteiger partial charge in [-0.15, -0.1) is 0 Å². The van der Waals surface area contributed by atoms with E-state index in [9.17, 15) is 13.2 Å². The SMILES string of the molecule is Nc1cc(-c2ccc(C(F)(F)F)nc2)nc2ncccc12. The monoisotopic (exact) mass is 290 g/mol. The third kappa shape index (κ3) is 2.49. The van der Waals surface area contributed by atoms with E-state index in [0.717, 1.165) is 12.3 Å². The van der Waals surface area contributed by atoms with E-state index in [1.165, 1.54) is 6.07 Å². The van der Waals surface area contributed by atoms with Gasteiger partial charge in [-0.25, -0.2) is 9.97 Å². The average Bonchev–Trinajstić information content (AvgIpc) is 2.46. The lowest BCUT2D eigenvalue weighted by Gasteiger charge is -2.08. The summed E-state index contributed by atoms with van der Waals surface area (Å²) in [5, 5.41) is 0.695. The predicted molar refractivity (Wildman–Crippen MR) is 72.2 cm³/mol. The van der Waals surface area contributed by atoms with Gasteiger partial charge in [0.1, 0.15) is 5.69 Å². The summed E-state index contributed by atoms with van der Waals surface area (Å²) in [7, 11) is 0. The molecule has 21 heavy (non-hydrogen) atoms. The zero-order valence-corrected chi connectivity index (χ0v) is 10.6. The van der Waals surface area contributed by atoms with Crippen LogP contribution in [-0.4, -0.2) is 15.0 Å². The molecule has 3 heterocycles. The maximum Gasteiger partial charge on any atom is 0.433 e. The van der Waals surface area contributed by atoms with Gasteiger partial charge in [-0.1, -0.05) is 0 Å². The number of aromatic nitrogens is 3. The van der Waals surface area contributed by atoms with Crippen LogP contribution in [0.1, 0.15) is 5.69 Å². The Morgan fingerprint density at radius 3 is 2.52 bits per heavy atom. The van der Waals surface area contributed by atoms with Crippen LogP contribution in [0.5, 0.6) is 0 Å². The number of alkyl halides is 3. The minimum Gasteiger partial charge on any atom is -0.398 e. The van der Waals surface area contributed by atoms with Gasteiger partial charge in [0.05, 0.1) is 5.69 Å². The van der Waals surface area contributed by atoms with E-state index in [2.05, 4.69) is 15.0 Å². The number of nitrogens with zero attached hydrogens (tertiary/aromatic N) is 3. The number of hydrogen-bond donors (Lipinski definition) is 1. The van der Waals surface area contributed by atoms with Gasteiger partial charge < -0.3 is 5.73 Å². The molecule has 0 aliphatic carbocycles. The molecule has 0 fully saturated rings. The van der Waals surface area contributed by atoms with Crippen LogP contribution >= 0.6 is 0 Å². The van der Waals surface area contributed by atoms with Crippen LogP contribution < -0.4 is 5.73 Å². The molecule has 3 rings (SSSR count). The molecule has 0 unspecified atom stereocenters. The summed E-state index contributed by atoms with van der Waals surface area (Å²) in [5.74, 6) is 0. The topological polar surface area (TPSA) is 64.7 Å². The first kappa shape index (κ1) is 13.3. The molecule has 3 aromatic rings. The van der Waals surface area contributed by atoms with E-state index < -0.39 is 11.9 Å². The molecule has 2 N–H and O–H groups in total. The summed E-state index contributed by atoms with van der Waals surface area (Å²) < 4.78 is 37.5. The number of halogens is 3. The molecule has 3 aromatic heterocycles. The Balaban J connectivity index is 2.08. The van der Waals surface area contributed by atoms with E-state index in [-0.39, 0.29) is 0 Å². The Morgan fingerprint density at radius 2 is 1.86 bits per heavy atom. The quantitative estimate of drug-likeness (QED) is 0.747. The van der Waals surface area contributed by atoms with Crippen molar-refractivity contribution < 1.29 is 13.2 Å². The Morgan fingerprint density at radius 1 is 1.05 bits per heavy atom. The molecule has 7 heteroatoms. The fourth-order valence-corrected chi connectivity index (χ4v) is 1.94. The van der Waals surface area contributed by atoms with Crippen molar-refractivity contribution >= 4 is 16.7 Å². The summed E-state index contributed by atoms with van der Waals surface area (Å²) in [6, 6.07) is 7.33. The molecule has 0 aliphatic heterocycles. The molecule has 0 radical (unpaired) electrons. The number of nitrogens with two attached hydrogens (primary N) is 1. The standard InChI is InChI=1S/C14H9F3N4/c15-14(16,17)12-4-3-8(7-20-12)11-6-10(18)9-2-1-5-19-13(9)21-11/h1-7H,(H2,18,19,21). The molecule has 106 valence electrons. The molecular formula is C14H9F3N4. The van der Waals surface area contributed by atoms with Crippen LogP contribution in [0, 0.1) is 0 Å². The lowest BCUT2D eigenvalue weighted by Crippen LogP contribution is -2.07. The van der Waals surface area contributed by atoms with Crippen molar-refractivity contribution in [1.29, 1.82) is 0 Å². The number of anilines is 1. The van der Waals surface area contributed by atoms with Gasteiger partial charge in [0.15, 0.2) is 5.65 Å². The number of fused-ring (bicyclic) bond motifs is 1.